The number of hydrogen-bond acceptors (Lipinski definition) is 2. The van der Waals surface area contributed by atoms with Crippen LogP contribution >= 0.6 is 11.6 Å². The Balaban J connectivity index is 2.68. The van der Waals surface area contributed by atoms with E-state index in [1.807, 2.05) is 6.20 Å². The van der Waals surface area contributed by atoms with Crippen LogP contribution in [0.15, 0.2) is 18.3 Å². The standard InChI is InChI=1S/C14H23ClN2/c1-4-5-6-9-17(12(2)3)14-8-7-13(10-15)11-16-14/h7-8,11-12H,4-6,9-10H2,1-3H3. The van der Waals surface area contributed by atoms with Crippen LogP contribution in [0.4, 0.5) is 5.82 Å². The van der Waals surface area contributed by atoms with Crippen molar-refractivity contribution in [3.05, 3.63) is 23.9 Å². The Hall–Kier alpha value is -0.760. The number of aromatic nitrogens is 1. The Labute approximate surface area is 110 Å². The molecule has 0 saturated heterocycles. The van der Waals surface area contributed by atoms with E-state index in [1.54, 1.807) is 0 Å². The summed E-state index contributed by atoms with van der Waals surface area (Å²) < 4.78 is 0. The minimum absolute atomic E-state index is 0.487. The molecule has 0 aliphatic carbocycles. The van der Waals surface area contributed by atoms with Gasteiger partial charge in [0.1, 0.15) is 5.82 Å². The first-order valence-electron chi connectivity index (χ1n) is 6.46. The van der Waals surface area contributed by atoms with Gasteiger partial charge in [0.2, 0.25) is 0 Å². The number of rotatable bonds is 7. The van der Waals surface area contributed by atoms with Crippen LogP contribution in [0.1, 0.15) is 45.6 Å². The molecule has 1 aromatic heterocycles. The van der Waals surface area contributed by atoms with Crippen molar-refractivity contribution in [3.63, 3.8) is 0 Å². The van der Waals surface area contributed by atoms with E-state index < -0.39 is 0 Å². The summed E-state index contributed by atoms with van der Waals surface area (Å²) in [6.07, 6.45) is 5.64. The first-order chi connectivity index (χ1) is 8.19. The number of pyridine rings is 1. The minimum atomic E-state index is 0.487. The SMILES string of the molecule is CCCCCN(c1ccc(CCl)cn1)C(C)C. The summed E-state index contributed by atoms with van der Waals surface area (Å²) in [7, 11) is 0. The summed E-state index contributed by atoms with van der Waals surface area (Å²) in [4.78, 5) is 6.85. The molecule has 0 bridgehead atoms. The minimum Gasteiger partial charge on any atom is -0.354 e. The van der Waals surface area contributed by atoms with Crippen LogP contribution in [0.3, 0.4) is 0 Å². The predicted octanol–water partition coefficient (Wildman–Crippen LogP) is 4.23. The second-order valence-corrected chi connectivity index (χ2v) is 4.92. The lowest BCUT2D eigenvalue weighted by Gasteiger charge is -2.28. The third-order valence-corrected chi connectivity index (χ3v) is 3.19. The largest absolute Gasteiger partial charge is 0.354 e. The molecule has 0 amide bonds. The normalized spacial score (nSPS) is 10.9. The van der Waals surface area contributed by atoms with E-state index in [0.29, 0.717) is 11.9 Å². The molecule has 0 fully saturated rings. The topological polar surface area (TPSA) is 16.1 Å². The lowest BCUT2D eigenvalue weighted by atomic mass is 10.2. The fourth-order valence-electron chi connectivity index (χ4n) is 1.84. The number of nitrogens with zero attached hydrogens (tertiary/aromatic N) is 2. The number of unbranched alkanes of at least 4 members (excludes halogenated alkanes) is 2. The van der Waals surface area contributed by atoms with Gasteiger partial charge in [0.05, 0.1) is 0 Å². The van der Waals surface area contributed by atoms with Crippen molar-refractivity contribution in [2.75, 3.05) is 11.4 Å². The number of hydrogen-bond donors (Lipinski definition) is 0. The Morgan fingerprint density at radius 3 is 2.53 bits per heavy atom. The summed E-state index contributed by atoms with van der Waals surface area (Å²) in [5.41, 5.74) is 1.08. The van der Waals surface area contributed by atoms with Gasteiger partial charge in [-0.25, -0.2) is 4.98 Å². The van der Waals surface area contributed by atoms with Crippen molar-refractivity contribution in [1.82, 2.24) is 4.98 Å². The molecule has 17 heavy (non-hydrogen) atoms. The molecule has 3 heteroatoms. The molecule has 0 aromatic carbocycles. The van der Waals surface area contributed by atoms with Crippen LogP contribution in [-0.4, -0.2) is 17.6 Å². The van der Waals surface area contributed by atoms with Crippen molar-refractivity contribution >= 4 is 17.4 Å². The molecule has 0 N–H and O–H groups in total. The molecular weight excluding hydrogens is 232 g/mol. The molecule has 1 heterocycles. The molecular formula is C14H23ClN2. The van der Waals surface area contributed by atoms with Gasteiger partial charge in [-0.3, -0.25) is 0 Å². The summed E-state index contributed by atoms with van der Waals surface area (Å²) in [6.45, 7) is 7.73. The van der Waals surface area contributed by atoms with Crippen molar-refractivity contribution in [2.24, 2.45) is 0 Å². The zero-order valence-corrected chi connectivity index (χ0v) is 11.9. The molecule has 96 valence electrons. The van der Waals surface area contributed by atoms with Gasteiger partial charge in [-0.1, -0.05) is 25.8 Å². The Kier molecular flexibility index (Phi) is 6.35. The Morgan fingerprint density at radius 1 is 1.29 bits per heavy atom. The molecule has 0 unspecified atom stereocenters. The molecule has 0 atom stereocenters. The van der Waals surface area contributed by atoms with Gasteiger partial charge in [0, 0.05) is 24.7 Å². The van der Waals surface area contributed by atoms with Crippen LogP contribution in [0.5, 0.6) is 0 Å². The summed E-state index contributed by atoms with van der Waals surface area (Å²) >= 11 is 5.77. The zero-order chi connectivity index (χ0) is 12.7. The quantitative estimate of drug-likeness (QED) is 0.535. The van der Waals surface area contributed by atoms with E-state index in [0.717, 1.165) is 17.9 Å². The van der Waals surface area contributed by atoms with Gasteiger partial charge in [0.15, 0.2) is 0 Å². The molecule has 0 aliphatic rings. The number of anilines is 1. The predicted molar refractivity (Wildman–Crippen MR) is 75.8 cm³/mol. The first kappa shape index (κ1) is 14.3. The summed E-state index contributed by atoms with van der Waals surface area (Å²) in [5, 5.41) is 0. The second-order valence-electron chi connectivity index (χ2n) is 4.65. The Morgan fingerprint density at radius 2 is 2.06 bits per heavy atom. The van der Waals surface area contributed by atoms with Crippen LogP contribution in [-0.2, 0) is 5.88 Å². The summed E-state index contributed by atoms with van der Waals surface area (Å²) in [5.74, 6) is 1.59. The molecule has 2 nitrogen and oxygen atoms in total. The van der Waals surface area contributed by atoms with E-state index >= 15 is 0 Å². The van der Waals surface area contributed by atoms with Gasteiger partial charge in [-0.2, -0.15) is 0 Å². The third kappa shape index (κ3) is 4.55. The number of halogens is 1. The van der Waals surface area contributed by atoms with Gasteiger partial charge in [-0.05, 0) is 31.9 Å². The fraction of sp³-hybridized carbons (Fsp3) is 0.643. The van der Waals surface area contributed by atoms with Gasteiger partial charge < -0.3 is 4.90 Å². The van der Waals surface area contributed by atoms with Gasteiger partial charge in [-0.15, -0.1) is 11.6 Å². The highest BCUT2D eigenvalue weighted by molar-refractivity contribution is 6.17. The average molecular weight is 255 g/mol. The summed E-state index contributed by atoms with van der Waals surface area (Å²) in [6, 6.07) is 4.62. The highest BCUT2D eigenvalue weighted by atomic mass is 35.5. The lowest BCUT2D eigenvalue weighted by molar-refractivity contribution is 0.620. The van der Waals surface area contributed by atoms with Gasteiger partial charge >= 0.3 is 0 Å². The lowest BCUT2D eigenvalue weighted by Crippen LogP contribution is -2.32. The van der Waals surface area contributed by atoms with Gasteiger partial charge in [0.25, 0.3) is 0 Å². The van der Waals surface area contributed by atoms with E-state index in [1.165, 1.54) is 19.3 Å². The molecule has 0 radical (unpaired) electrons. The van der Waals surface area contributed by atoms with Crippen LogP contribution < -0.4 is 4.90 Å². The third-order valence-electron chi connectivity index (χ3n) is 2.88. The smallest absolute Gasteiger partial charge is 0.128 e. The molecule has 0 saturated carbocycles. The van der Waals surface area contributed by atoms with Crippen LogP contribution in [0, 0.1) is 0 Å². The molecule has 0 aliphatic heterocycles. The Bertz CT molecular complexity index is 309. The first-order valence-corrected chi connectivity index (χ1v) is 7.00. The fourth-order valence-corrected chi connectivity index (χ4v) is 1.99. The average Bonchev–Trinajstić information content (AvgIpc) is 2.34. The maximum atomic E-state index is 5.77. The van der Waals surface area contributed by atoms with Crippen LogP contribution in [0.2, 0.25) is 0 Å². The van der Waals surface area contributed by atoms with Crippen molar-refractivity contribution in [3.8, 4) is 0 Å². The van der Waals surface area contributed by atoms with Crippen molar-refractivity contribution < 1.29 is 0 Å². The van der Waals surface area contributed by atoms with Crippen LogP contribution in [0.25, 0.3) is 0 Å². The maximum absolute atomic E-state index is 5.77. The molecule has 0 spiro atoms. The van der Waals surface area contributed by atoms with Crippen molar-refractivity contribution in [2.45, 2.75) is 52.0 Å². The van der Waals surface area contributed by atoms with E-state index in [2.05, 4.69) is 42.8 Å². The second kappa shape index (κ2) is 7.54. The maximum Gasteiger partial charge on any atom is 0.128 e. The van der Waals surface area contributed by atoms with E-state index in [4.69, 9.17) is 11.6 Å². The van der Waals surface area contributed by atoms with Crippen molar-refractivity contribution in [1.29, 1.82) is 0 Å². The van der Waals surface area contributed by atoms with E-state index in [9.17, 15) is 0 Å². The molecule has 1 aromatic rings. The monoisotopic (exact) mass is 254 g/mol. The zero-order valence-electron chi connectivity index (χ0n) is 11.1. The highest BCUT2D eigenvalue weighted by Gasteiger charge is 2.10. The highest BCUT2D eigenvalue weighted by Crippen LogP contribution is 2.16. The number of alkyl halides is 1. The molecule has 1 rings (SSSR count). The van der Waals surface area contributed by atoms with E-state index in [-0.39, 0.29) is 0 Å².